The molecule has 0 saturated carbocycles. The predicted molar refractivity (Wildman–Crippen MR) is 161 cm³/mol. The lowest BCUT2D eigenvalue weighted by Gasteiger charge is -2.17. The molecular formula is C34H66O2. The zero-order chi connectivity index (χ0) is 26.9. The van der Waals surface area contributed by atoms with Crippen molar-refractivity contribution in [3.05, 3.63) is 12.2 Å². The molecule has 214 valence electrons. The van der Waals surface area contributed by atoms with E-state index >= 15 is 0 Å². The lowest BCUT2D eigenvalue weighted by Crippen LogP contribution is -2.15. The van der Waals surface area contributed by atoms with Gasteiger partial charge in [-0.05, 0) is 37.5 Å². The normalized spacial score (nSPS) is 13.9. The second kappa shape index (κ2) is 25.8. The summed E-state index contributed by atoms with van der Waals surface area (Å²) in [5.74, 6) is 2.11. The van der Waals surface area contributed by atoms with Gasteiger partial charge in [-0.2, -0.15) is 0 Å². The molecule has 3 atom stereocenters. The van der Waals surface area contributed by atoms with Gasteiger partial charge in [-0.1, -0.05) is 163 Å². The van der Waals surface area contributed by atoms with Gasteiger partial charge in [0.15, 0.2) is 0 Å². The van der Waals surface area contributed by atoms with Gasteiger partial charge < -0.3 is 4.74 Å². The highest BCUT2D eigenvalue weighted by atomic mass is 16.5. The summed E-state index contributed by atoms with van der Waals surface area (Å²) in [6.07, 6.45) is 29.9. The maximum atomic E-state index is 11.9. The molecule has 0 aliphatic carbocycles. The van der Waals surface area contributed by atoms with Crippen molar-refractivity contribution in [2.75, 3.05) is 6.61 Å². The van der Waals surface area contributed by atoms with Crippen molar-refractivity contribution in [2.45, 2.75) is 176 Å². The summed E-state index contributed by atoms with van der Waals surface area (Å²) < 4.78 is 5.54. The molecule has 0 saturated heterocycles. The Hall–Kier alpha value is -0.790. The van der Waals surface area contributed by atoms with Crippen LogP contribution in [0, 0.1) is 17.8 Å². The largest absolute Gasteiger partial charge is 0.462 e. The van der Waals surface area contributed by atoms with E-state index in [0.29, 0.717) is 18.1 Å². The van der Waals surface area contributed by atoms with E-state index in [2.05, 4.69) is 34.3 Å². The van der Waals surface area contributed by atoms with Crippen LogP contribution in [0.3, 0.4) is 0 Å². The van der Waals surface area contributed by atoms with Gasteiger partial charge in [0.05, 0.1) is 6.61 Å². The first-order chi connectivity index (χ1) is 17.4. The van der Waals surface area contributed by atoms with E-state index in [1.807, 2.05) is 0 Å². The van der Waals surface area contributed by atoms with E-state index in [1.165, 1.54) is 141 Å². The van der Waals surface area contributed by atoms with Crippen molar-refractivity contribution in [2.24, 2.45) is 17.8 Å². The maximum Gasteiger partial charge on any atom is 0.333 e. The Morgan fingerprint density at radius 2 is 0.889 bits per heavy atom. The summed E-state index contributed by atoms with van der Waals surface area (Å²) in [7, 11) is 0. The molecule has 36 heavy (non-hydrogen) atoms. The number of unbranched alkanes of at least 4 members (excludes halogenated alkanes) is 14. The first-order valence-electron chi connectivity index (χ1n) is 16.2. The van der Waals surface area contributed by atoms with Crippen LogP contribution in [0.5, 0.6) is 0 Å². The number of esters is 1. The SMILES string of the molecule is C=C(C)C(=O)OCC(CCCCCCCCCCCC(C)CC)CCCCCCCCCC(C)CC. The molecule has 2 nitrogen and oxygen atoms in total. The van der Waals surface area contributed by atoms with Gasteiger partial charge in [-0.3, -0.25) is 0 Å². The van der Waals surface area contributed by atoms with Crippen molar-refractivity contribution in [3.8, 4) is 0 Å². The highest BCUT2D eigenvalue weighted by Crippen LogP contribution is 2.21. The van der Waals surface area contributed by atoms with Crippen molar-refractivity contribution in [1.82, 2.24) is 0 Å². The summed E-state index contributed by atoms with van der Waals surface area (Å²) in [5.41, 5.74) is 0.516. The van der Waals surface area contributed by atoms with E-state index in [0.717, 1.165) is 11.8 Å². The van der Waals surface area contributed by atoms with Crippen LogP contribution in [0.4, 0.5) is 0 Å². The standard InChI is InChI=1S/C34H66O2/c1-7-31(5)25-21-17-13-10-9-11-15-19-23-27-33(29-36-34(35)30(3)4)28-24-20-16-12-14-18-22-26-32(6)8-2/h31-33H,3,7-29H2,1-2,4-6H3. The zero-order valence-corrected chi connectivity index (χ0v) is 25.5. The van der Waals surface area contributed by atoms with Crippen molar-refractivity contribution in [3.63, 3.8) is 0 Å². The minimum absolute atomic E-state index is 0.221. The first kappa shape index (κ1) is 35.2. The molecule has 0 heterocycles. The van der Waals surface area contributed by atoms with Crippen molar-refractivity contribution in [1.29, 1.82) is 0 Å². The van der Waals surface area contributed by atoms with Crippen molar-refractivity contribution < 1.29 is 9.53 Å². The summed E-state index contributed by atoms with van der Waals surface area (Å²) >= 11 is 0. The highest BCUT2D eigenvalue weighted by molar-refractivity contribution is 5.86. The van der Waals surface area contributed by atoms with Crippen LogP contribution in [0.25, 0.3) is 0 Å². The predicted octanol–water partition coefficient (Wildman–Crippen LogP) is 11.6. The third-order valence-electron chi connectivity index (χ3n) is 8.31. The van der Waals surface area contributed by atoms with Gasteiger partial charge in [-0.15, -0.1) is 0 Å². The van der Waals surface area contributed by atoms with Crippen LogP contribution >= 0.6 is 0 Å². The monoisotopic (exact) mass is 507 g/mol. The van der Waals surface area contributed by atoms with Gasteiger partial charge in [0.1, 0.15) is 0 Å². The minimum atomic E-state index is -0.221. The Bertz CT molecular complexity index is 497. The second-order valence-electron chi connectivity index (χ2n) is 12.1. The summed E-state index contributed by atoms with van der Waals surface area (Å²) in [4.78, 5) is 11.9. The summed E-state index contributed by atoms with van der Waals surface area (Å²) in [5, 5.41) is 0. The molecule has 0 fully saturated rings. The molecule has 0 rings (SSSR count). The molecule has 0 aromatic heterocycles. The van der Waals surface area contributed by atoms with Gasteiger partial charge in [0.25, 0.3) is 0 Å². The zero-order valence-electron chi connectivity index (χ0n) is 25.5. The quantitative estimate of drug-likeness (QED) is 0.0629. The summed E-state index contributed by atoms with van der Waals surface area (Å²) in [6, 6.07) is 0. The van der Waals surface area contributed by atoms with Crippen LogP contribution < -0.4 is 0 Å². The number of carbonyl (C=O) groups excluding carboxylic acids is 1. The van der Waals surface area contributed by atoms with E-state index in [1.54, 1.807) is 6.92 Å². The lowest BCUT2D eigenvalue weighted by molar-refractivity contribution is -0.140. The highest BCUT2D eigenvalue weighted by Gasteiger charge is 2.12. The van der Waals surface area contributed by atoms with Gasteiger partial charge >= 0.3 is 5.97 Å². The molecule has 0 aliphatic rings. The fourth-order valence-corrected chi connectivity index (χ4v) is 5.01. The molecule has 0 aliphatic heterocycles. The Morgan fingerprint density at radius 3 is 1.19 bits per heavy atom. The number of carbonyl (C=O) groups is 1. The van der Waals surface area contributed by atoms with E-state index in [9.17, 15) is 4.79 Å². The van der Waals surface area contributed by atoms with Gasteiger partial charge in [0, 0.05) is 5.57 Å². The molecular weight excluding hydrogens is 440 g/mol. The molecule has 3 unspecified atom stereocenters. The van der Waals surface area contributed by atoms with Gasteiger partial charge in [-0.25, -0.2) is 4.79 Å². The van der Waals surface area contributed by atoms with Crippen LogP contribution in [-0.2, 0) is 9.53 Å². The van der Waals surface area contributed by atoms with E-state index in [4.69, 9.17) is 4.74 Å². The molecule has 0 N–H and O–H groups in total. The number of rotatable bonds is 27. The lowest BCUT2D eigenvalue weighted by atomic mass is 9.94. The average molecular weight is 507 g/mol. The molecule has 0 aromatic carbocycles. The fourth-order valence-electron chi connectivity index (χ4n) is 5.01. The smallest absolute Gasteiger partial charge is 0.333 e. The number of ether oxygens (including phenoxy) is 1. The summed E-state index contributed by atoms with van der Waals surface area (Å²) in [6.45, 7) is 15.4. The maximum absolute atomic E-state index is 11.9. The van der Waals surface area contributed by atoms with Crippen LogP contribution in [-0.4, -0.2) is 12.6 Å². The molecule has 0 aromatic rings. The Balaban J connectivity index is 3.87. The number of hydrogen-bond donors (Lipinski definition) is 0. The topological polar surface area (TPSA) is 26.3 Å². The number of hydrogen-bond acceptors (Lipinski definition) is 2. The van der Waals surface area contributed by atoms with Gasteiger partial charge in [0.2, 0.25) is 0 Å². The molecule has 0 amide bonds. The van der Waals surface area contributed by atoms with E-state index < -0.39 is 0 Å². The Morgan fingerprint density at radius 1 is 0.583 bits per heavy atom. The third kappa shape index (κ3) is 23.6. The van der Waals surface area contributed by atoms with Crippen LogP contribution in [0.1, 0.15) is 176 Å². The fraction of sp³-hybridized carbons (Fsp3) is 0.912. The molecule has 0 radical (unpaired) electrons. The van der Waals surface area contributed by atoms with Crippen LogP contribution in [0.2, 0.25) is 0 Å². The van der Waals surface area contributed by atoms with Crippen molar-refractivity contribution >= 4 is 5.97 Å². The third-order valence-corrected chi connectivity index (χ3v) is 8.31. The molecule has 0 bridgehead atoms. The van der Waals surface area contributed by atoms with E-state index in [-0.39, 0.29) is 5.97 Å². The average Bonchev–Trinajstić information content (AvgIpc) is 2.87. The first-order valence-corrected chi connectivity index (χ1v) is 16.2. The Labute approximate surface area is 227 Å². The van der Waals surface area contributed by atoms with Crippen LogP contribution in [0.15, 0.2) is 12.2 Å². The second-order valence-corrected chi connectivity index (χ2v) is 12.1. The Kier molecular flexibility index (Phi) is 25.3. The minimum Gasteiger partial charge on any atom is -0.462 e. The molecule has 0 spiro atoms. The molecule has 2 heteroatoms.